The van der Waals surface area contributed by atoms with Crippen LogP contribution in [0.1, 0.15) is 24.1 Å². The first-order valence-corrected chi connectivity index (χ1v) is 8.07. The van der Waals surface area contributed by atoms with Crippen molar-refractivity contribution in [2.75, 3.05) is 0 Å². The Bertz CT molecular complexity index is 783. The second-order valence-electron chi connectivity index (χ2n) is 4.51. The monoisotopic (exact) mass is 320 g/mol. The summed E-state index contributed by atoms with van der Waals surface area (Å²) in [4.78, 5) is -0.0362. The Balaban J connectivity index is 2.29. The van der Waals surface area contributed by atoms with E-state index >= 15 is 0 Å². The number of rotatable bonds is 4. The van der Waals surface area contributed by atoms with Crippen LogP contribution in [-0.4, -0.2) is 8.42 Å². The minimum atomic E-state index is -3.75. The minimum absolute atomic E-state index is 0.0295. The molecular weight excluding hydrogens is 308 g/mol. The molecule has 1 atom stereocenters. The highest BCUT2D eigenvalue weighted by Crippen LogP contribution is 2.24. The number of nitrogens with one attached hydrogen (secondary N) is 1. The van der Waals surface area contributed by atoms with E-state index in [0.717, 1.165) is 5.56 Å². The predicted molar refractivity (Wildman–Crippen MR) is 81.3 cm³/mol. The van der Waals surface area contributed by atoms with Crippen molar-refractivity contribution >= 4 is 21.6 Å². The Labute approximate surface area is 129 Å². The minimum Gasteiger partial charge on any atom is -0.207 e. The van der Waals surface area contributed by atoms with Gasteiger partial charge in [-0.25, -0.2) is 13.1 Å². The maximum Gasteiger partial charge on any atom is 0.242 e. The molecule has 0 amide bonds. The van der Waals surface area contributed by atoms with E-state index in [1.165, 1.54) is 18.2 Å². The van der Waals surface area contributed by atoms with Gasteiger partial charge in [0, 0.05) is 6.04 Å². The molecule has 0 saturated heterocycles. The first kappa shape index (κ1) is 15.5. The fourth-order valence-electron chi connectivity index (χ4n) is 1.89. The first-order valence-electron chi connectivity index (χ1n) is 6.21. The van der Waals surface area contributed by atoms with Gasteiger partial charge in [-0.05, 0) is 30.7 Å². The molecule has 0 fully saturated rings. The average molecular weight is 321 g/mol. The van der Waals surface area contributed by atoms with Gasteiger partial charge < -0.3 is 0 Å². The SMILES string of the molecule is C[C@H](NS(=O)(=O)c1ccc(C#N)cc1Cl)c1ccccc1. The third-order valence-electron chi connectivity index (χ3n) is 2.98. The van der Waals surface area contributed by atoms with Crippen LogP contribution in [0.5, 0.6) is 0 Å². The lowest BCUT2D eigenvalue weighted by Crippen LogP contribution is -2.27. The molecule has 0 unspecified atom stereocenters. The van der Waals surface area contributed by atoms with Crippen molar-refractivity contribution < 1.29 is 8.42 Å². The van der Waals surface area contributed by atoms with E-state index in [9.17, 15) is 8.42 Å². The predicted octanol–water partition coefficient (Wildman–Crippen LogP) is 3.25. The summed E-state index contributed by atoms with van der Waals surface area (Å²) < 4.78 is 27.3. The van der Waals surface area contributed by atoms with E-state index in [4.69, 9.17) is 16.9 Å². The molecule has 0 aliphatic rings. The van der Waals surface area contributed by atoms with Gasteiger partial charge in [0.25, 0.3) is 0 Å². The van der Waals surface area contributed by atoms with Gasteiger partial charge in [-0.15, -0.1) is 0 Å². The highest BCUT2D eigenvalue weighted by molar-refractivity contribution is 7.89. The molecule has 21 heavy (non-hydrogen) atoms. The molecular formula is C15H13ClN2O2S. The Hall–Kier alpha value is -1.87. The molecule has 0 heterocycles. The van der Waals surface area contributed by atoms with Crippen LogP contribution in [0.15, 0.2) is 53.4 Å². The van der Waals surface area contributed by atoms with Crippen LogP contribution < -0.4 is 4.72 Å². The fraction of sp³-hybridized carbons (Fsp3) is 0.133. The van der Waals surface area contributed by atoms with E-state index < -0.39 is 10.0 Å². The topological polar surface area (TPSA) is 70.0 Å². The van der Waals surface area contributed by atoms with Crippen LogP contribution in [0.4, 0.5) is 0 Å². The van der Waals surface area contributed by atoms with Crippen LogP contribution >= 0.6 is 11.6 Å². The third-order valence-corrected chi connectivity index (χ3v) is 5.01. The summed E-state index contributed by atoms with van der Waals surface area (Å²) in [5, 5.41) is 8.81. The quantitative estimate of drug-likeness (QED) is 0.940. The van der Waals surface area contributed by atoms with Gasteiger partial charge in [-0.2, -0.15) is 5.26 Å². The number of nitrogens with zero attached hydrogens (tertiary/aromatic N) is 1. The fourth-order valence-corrected chi connectivity index (χ4v) is 3.67. The molecule has 2 rings (SSSR count). The van der Waals surface area contributed by atoms with Crippen molar-refractivity contribution in [2.24, 2.45) is 0 Å². The second kappa shape index (κ2) is 6.27. The number of sulfonamides is 1. The molecule has 6 heteroatoms. The van der Waals surface area contributed by atoms with Gasteiger partial charge >= 0.3 is 0 Å². The first-order chi connectivity index (χ1) is 9.94. The molecule has 2 aromatic carbocycles. The van der Waals surface area contributed by atoms with Crippen molar-refractivity contribution in [1.29, 1.82) is 5.26 Å². The summed E-state index contributed by atoms with van der Waals surface area (Å²) in [6, 6.07) is 14.9. The molecule has 0 aliphatic heterocycles. The maximum atomic E-state index is 12.4. The van der Waals surface area contributed by atoms with Crippen molar-refractivity contribution in [3.8, 4) is 6.07 Å². The summed E-state index contributed by atoms with van der Waals surface area (Å²) >= 11 is 5.95. The van der Waals surface area contributed by atoms with Crippen molar-refractivity contribution in [2.45, 2.75) is 17.9 Å². The smallest absolute Gasteiger partial charge is 0.207 e. The largest absolute Gasteiger partial charge is 0.242 e. The Kier molecular flexibility index (Phi) is 4.63. The number of hydrogen-bond donors (Lipinski definition) is 1. The van der Waals surface area contributed by atoms with Crippen molar-refractivity contribution in [3.05, 3.63) is 64.7 Å². The molecule has 2 aromatic rings. The number of hydrogen-bond acceptors (Lipinski definition) is 3. The van der Waals surface area contributed by atoms with E-state index in [1.807, 2.05) is 36.4 Å². The van der Waals surface area contributed by atoms with E-state index in [1.54, 1.807) is 6.92 Å². The Morgan fingerprint density at radius 1 is 1.19 bits per heavy atom. The van der Waals surface area contributed by atoms with Crippen LogP contribution in [-0.2, 0) is 10.0 Å². The zero-order valence-electron chi connectivity index (χ0n) is 11.2. The molecule has 0 bridgehead atoms. The molecule has 1 N–H and O–H groups in total. The summed E-state index contributed by atoms with van der Waals surface area (Å²) in [6.45, 7) is 1.75. The zero-order valence-corrected chi connectivity index (χ0v) is 12.8. The molecule has 0 aromatic heterocycles. The summed E-state index contributed by atoms with van der Waals surface area (Å²) in [6.07, 6.45) is 0. The lowest BCUT2D eigenvalue weighted by Gasteiger charge is -2.15. The lowest BCUT2D eigenvalue weighted by molar-refractivity contribution is 0.567. The van der Waals surface area contributed by atoms with Gasteiger partial charge in [0.2, 0.25) is 10.0 Å². The van der Waals surface area contributed by atoms with Crippen LogP contribution in [0.25, 0.3) is 0 Å². The number of nitriles is 1. The van der Waals surface area contributed by atoms with E-state index in [2.05, 4.69) is 4.72 Å². The van der Waals surface area contributed by atoms with Gasteiger partial charge in [-0.1, -0.05) is 41.9 Å². The van der Waals surface area contributed by atoms with Crippen LogP contribution in [0, 0.1) is 11.3 Å². The average Bonchev–Trinajstić information content (AvgIpc) is 2.47. The van der Waals surface area contributed by atoms with Crippen molar-refractivity contribution in [1.82, 2.24) is 4.72 Å². The summed E-state index contributed by atoms with van der Waals surface area (Å²) in [5.74, 6) is 0. The molecule has 0 saturated carbocycles. The second-order valence-corrected chi connectivity index (χ2v) is 6.60. The molecule has 108 valence electrons. The number of benzene rings is 2. The maximum absolute atomic E-state index is 12.4. The van der Waals surface area contributed by atoms with E-state index in [0.29, 0.717) is 5.56 Å². The Morgan fingerprint density at radius 2 is 1.86 bits per heavy atom. The van der Waals surface area contributed by atoms with Gasteiger partial charge in [-0.3, -0.25) is 0 Å². The third kappa shape index (κ3) is 3.61. The molecule has 0 spiro atoms. The van der Waals surface area contributed by atoms with Crippen LogP contribution in [0.2, 0.25) is 5.02 Å². The molecule has 0 aliphatic carbocycles. The van der Waals surface area contributed by atoms with Crippen LogP contribution in [0.3, 0.4) is 0 Å². The standard InChI is InChI=1S/C15H13ClN2O2S/c1-11(13-5-3-2-4-6-13)18-21(19,20)15-8-7-12(10-17)9-14(15)16/h2-9,11,18H,1H3/t11-/m0/s1. The van der Waals surface area contributed by atoms with Gasteiger partial charge in [0.1, 0.15) is 4.90 Å². The van der Waals surface area contributed by atoms with Gasteiger partial charge in [0.05, 0.1) is 16.7 Å². The Morgan fingerprint density at radius 3 is 2.43 bits per heavy atom. The molecule has 0 radical (unpaired) electrons. The lowest BCUT2D eigenvalue weighted by atomic mass is 10.1. The molecule has 4 nitrogen and oxygen atoms in total. The summed E-state index contributed by atoms with van der Waals surface area (Å²) in [7, 11) is -3.75. The highest BCUT2D eigenvalue weighted by Gasteiger charge is 2.21. The number of halogens is 1. The summed E-state index contributed by atoms with van der Waals surface area (Å²) in [5.41, 5.74) is 1.17. The van der Waals surface area contributed by atoms with Crippen molar-refractivity contribution in [3.63, 3.8) is 0 Å². The highest BCUT2D eigenvalue weighted by atomic mass is 35.5. The zero-order chi connectivity index (χ0) is 15.5. The van der Waals surface area contributed by atoms with Gasteiger partial charge in [0.15, 0.2) is 0 Å². The normalized spacial score (nSPS) is 12.6. The van der Waals surface area contributed by atoms with E-state index in [-0.39, 0.29) is 16.0 Å².